The summed E-state index contributed by atoms with van der Waals surface area (Å²) in [4.78, 5) is 22.3. The van der Waals surface area contributed by atoms with Crippen LogP contribution in [0.25, 0.3) is 10.9 Å². The molecule has 1 aromatic heterocycles. The smallest absolute Gasteiger partial charge is 0.246 e. The Bertz CT molecular complexity index is 863. The van der Waals surface area contributed by atoms with Crippen LogP contribution in [0, 0.1) is 23.5 Å². The molecule has 3 unspecified atom stereocenters. The summed E-state index contributed by atoms with van der Waals surface area (Å²) in [6, 6.07) is 2.44. The summed E-state index contributed by atoms with van der Waals surface area (Å²) in [5, 5.41) is 3.56. The molecule has 1 saturated heterocycles. The van der Waals surface area contributed by atoms with Crippen LogP contribution in [0.3, 0.4) is 0 Å². The number of ether oxygens (including phenoxy) is 1. The van der Waals surface area contributed by atoms with E-state index in [4.69, 9.17) is 4.74 Å². The van der Waals surface area contributed by atoms with Gasteiger partial charge in [-0.15, -0.1) is 0 Å². The van der Waals surface area contributed by atoms with Gasteiger partial charge in [0.25, 0.3) is 0 Å². The van der Waals surface area contributed by atoms with Crippen LogP contribution >= 0.6 is 0 Å². The van der Waals surface area contributed by atoms with Crippen molar-refractivity contribution in [3.8, 4) is 0 Å². The molecule has 2 aromatic rings. The zero-order valence-electron chi connectivity index (χ0n) is 15.1. The van der Waals surface area contributed by atoms with Gasteiger partial charge in [0.1, 0.15) is 18.8 Å². The van der Waals surface area contributed by atoms with Crippen molar-refractivity contribution in [1.29, 1.82) is 0 Å². The fourth-order valence-electron chi connectivity index (χ4n) is 4.43. The Labute approximate surface area is 155 Å². The largest absolute Gasteiger partial charge is 0.375 e. The molecule has 6 nitrogen and oxygen atoms in total. The molecule has 8 heteroatoms. The fourth-order valence-corrected chi connectivity index (χ4v) is 4.43. The monoisotopic (exact) mass is 376 g/mol. The lowest BCUT2D eigenvalue weighted by molar-refractivity contribution is -0.125. The number of aromatic nitrogens is 2. The molecule has 0 radical (unpaired) electrons. The first-order valence-corrected chi connectivity index (χ1v) is 9.18. The molecule has 0 spiro atoms. The van der Waals surface area contributed by atoms with Crippen molar-refractivity contribution < 1.29 is 18.3 Å². The maximum Gasteiger partial charge on any atom is 0.246 e. The number of methoxy groups -OCH3 is 1. The zero-order valence-corrected chi connectivity index (χ0v) is 15.1. The minimum absolute atomic E-state index is 0.0752. The van der Waals surface area contributed by atoms with Crippen molar-refractivity contribution in [3.05, 3.63) is 30.1 Å². The highest BCUT2D eigenvalue weighted by molar-refractivity contribution is 5.89. The molecule has 0 bridgehead atoms. The van der Waals surface area contributed by atoms with Crippen molar-refractivity contribution in [2.45, 2.75) is 25.3 Å². The fraction of sp³-hybridized carbons (Fsp3) is 0.526. The van der Waals surface area contributed by atoms with E-state index < -0.39 is 11.6 Å². The lowest BCUT2D eigenvalue weighted by Gasteiger charge is -2.31. The Hall–Kier alpha value is -2.35. The molecular weight excluding hydrogens is 354 g/mol. The van der Waals surface area contributed by atoms with Gasteiger partial charge in [-0.05, 0) is 37.2 Å². The van der Waals surface area contributed by atoms with Crippen LogP contribution in [0.5, 0.6) is 0 Å². The Kier molecular flexibility index (Phi) is 4.90. The highest BCUT2D eigenvalue weighted by atomic mass is 19.2. The van der Waals surface area contributed by atoms with Crippen molar-refractivity contribution in [1.82, 2.24) is 15.3 Å². The number of hydrogen-bond acceptors (Lipinski definition) is 5. The second-order valence-electron chi connectivity index (χ2n) is 7.42. The van der Waals surface area contributed by atoms with E-state index in [1.165, 1.54) is 19.5 Å². The number of rotatable bonds is 4. The van der Waals surface area contributed by atoms with Crippen LogP contribution in [0.1, 0.15) is 19.3 Å². The Morgan fingerprint density at radius 2 is 2.00 bits per heavy atom. The molecule has 1 amide bonds. The molecule has 2 aliphatic rings. The molecule has 1 aromatic carbocycles. The first-order chi connectivity index (χ1) is 13.0. The Balaban J connectivity index is 1.51. The third kappa shape index (κ3) is 3.58. The molecule has 1 N–H and O–H groups in total. The quantitative estimate of drug-likeness (QED) is 0.887. The number of amides is 1. The number of halogens is 2. The van der Waals surface area contributed by atoms with Gasteiger partial charge in [-0.1, -0.05) is 0 Å². The van der Waals surface area contributed by atoms with Gasteiger partial charge in [-0.2, -0.15) is 0 Å². The normalized spacial score (nSPS) is 24.9. The molecular formula is C19H22F2N4O2. The number of nitrogens with zero attached hydrogens (tertiary/aromatic N) is 3. The standard InChI is InChI=1S/C19H22F2N4O2/c1-27-9-18(26)24-13-3-2-11-7-25(8-12(11)4-13)19-14-5-15(20)16(21)6-17(14)22-10-23-19/h5-6,10-13H,2-4,7-9H2,1H3,(H,24,26). The summed E-state index contributed by atoms with van der Waals surface area (Å²) in [6.45, 7) is 1.69. The highest BCUT2D eigenvalue weighted by Gasteiger charge is 2.39. The third-order valence-electron chi connectivity index (χ3n) is 5.65. The summed E-state index contributed by atoms with van der Waals surface area (Å²) in [5.41, 5.74) is 0.401. The summed E-state index contributed by atoms with van der Waals surface area (Å²) in [5.74, 6) is -0.297. The Morgan fingerprint density at radius 3 is 2.81 bits per heavy atom. The van der Waals surface area contributed by atoms with E-state index in [2.05, 4.69) is 20.2 Å². The molecule has 1 aliphatic carbocycles. The van der Waals surface area contributed by atoms with Crippen LogP contribution in [-0.4, -0.2) is 48.7 Å². The van der Waals surface area contributed by atoms with Gasteiger partial charge >= 0.3 is 0 Å². The topological polar surface area (TPSA) is 67.3 Å². The number of carbonyl (C=O) groups excluding carboxylic acids is 1. The lowest BCUT2D eigenvalue weighted by Crippen LogP contribution is -2.42. The lowest BCUT2D eigenvalue weighted by atomic mass is 9.79. The van der Waals surface area contributed by atoms with Crippen molar-refractivity contribution in [2.75, 3.05) is 31.7 Å². The second kappa shape index (κ2) is 7.34. The maximum absolute atomic E-state index is 13.7. The average Bonchev–Trinajstić information content (AvgIpc) is 3.05. The molecule has 1 saturated carbocycles. The van der Waals surface area contributed by atoms with E-state index in [0.717, 1.165) is 38.4 Å². The van der Waals surface area contributed by atoms with E-state index in [1.807, 2.05) is 0 Å². The van der Waals surface area contributed by atoms with Crippen LogP contribution in [0.4, 0.5) is 14.6 Å². The highest BCUT2D eigenvalue weighted by Crippen LogP contribution is 2.39. The van der Waals surface area contributed by atoms with E-state index in [-0.39, 0.29) is 18.6 Å². The van der Waals surface area contributed by atoms with Crippen LogP contribution < -0.4 is 10.2 Å². The van der Waals surface area contributed by atoms with E-state index in [9.17, 15) is 13.6 Å². The van der Waals surface area contributed by atoms with Crippen molar-refractivity contribution in [2.24, 2.45) is 11.8 Å². The minimum atomic E-state index is -0.906. The van der Waals surface area contributed by atoms with Gasteiger partial charge in [0, 0.05) is 37.7 Å². The number of hydrogen-bond donors (Lipinski definition) is 1. The molecule has 1 aliphatic heterocycles. The maximum atomic E-state index is 13.7. The predicted molar refractivity (Wildman–Crippen MR) is 96.3 cm³/mol. The molecule has 27 heavy (non-hydrogen) atoms. The van der Waals surface area contributed by atoms with Gasteiger partial charge in [-0.25, -0.2) is 18.7 Å². The first kappa shape index (κ1) is 18.0. The Morgan fingerprint density at radius 1 is 1.22 bits per heavy atom. The molecule has 4 rings (SSSR count). The van der Waals surface area contributed by atoms with E-state index in [0.29, 0.717) is 28.6 Å². The third-order valence-corrected chi connectivity index (χ3v) is 5.65. The van der Waals surface area contributed by atoms with Gasteiger partial charge in [-0.3, -0.25) is 4.79 Å². The van der Waals surface area contributed by atoms with Gasteiger partial charge in [0.2, 0.25) is 5.91 Å². The molecule has 2 fully saturated rings. The van der Waals surface area contributed by atoms with Gasteiger partial charge in [0.15, 0.2) is 11.6 Å². The molecule has 3 atom stereocenters. The average molecular weight is 376 g/mol. The second-order valence-corrected chi connectivity index (χ2v) is 7.42. The summed E-state index contributed by atoms with van der Waals surface area (Å²) >= 11 is 0. The summed E-state index contributed by atoms with van der Waals surface area (Å²) in [7, 11) is 1.51. The van der Waals surface area contributed by atoms with E-state index in [1.54, 1.807) is 0 Å². The number of carbonyl (C=O) groups is 1. The number of fused-ring (bicyclic) bond motifs is 2. The minimum Gasteiger partial charge on any atom is -0.375 e. The van der Waals surface area contributed by atoms with E-state index >= 15 is 0 Å². The SMILES string of the molecule is COCC(=O)NC1CCC2CN(c3ncnc4cc(F)c(F)cc34)CC2C1. The number of anilines is 1. The molecule has 144 valence electrons. The zero-order chi connectivity index (χ0) is 19.0. The van der Waals surface area contributed by atoms with Gasteiger partial charge < -0.3 is 15.0 Å². The van der Waals surface area contributed by atoms with Crippen LogP contribution in [0.15, 0.2) is 18.5 Å². The number of benzene rings is 1. The van der Waals surface area contributed by atoms with Crippen molar-refractivity contribution >= 4 is 22.6 Å². The van der Waals surface area contributed by atoms with Crippen LogP contribution in [-0.2, 0) is 9.53 Å². The summed E-state index contributed by atoms with van der Waals surface area (Å²) in [6.07, 6.45) is 4.26. The van der Waals surface area contributed by atoms with Crippen LogP contribution in [0.2, 0.25) is 0 Å². The van der Waals surface area contributed by atoms with Crippen molar-refractivity contribution in [3.63, 3.8) is 0 Å². The summed E-state index contributed by atoms with van der Waals surface area (Å²) < 4.78 is 32.1. The van der Waals surface area contributed by atoms with Gasteiger partial charge in [0.05, 0.1) is 5.52 Å². The predicted octanol–water partition coefficient (Wildman–Crippen LogP) is 2.28. The molecule has 2 heterocycles. The first-order valence-electron chi connectivity index (χ1n) is 9.18. The number of nitrogens with one attached hydrogen (secondary N) is 1.